The van der Waals surface area contributed by atoms with E-state index in [0.717, 1.165) is 29.1 Å². The first-order valence-electron chi connectivity index (χ1n) is 5.35. The van der Waals surface area contributed by atoms with Gasteiger partial charge in [-0.25, -0.2) is 9.48 Å². The van der Waals surface area contributed by atoms with Crippen LogP contribution in [0.5, 0.6) is 0 Å². The van der Waals surface area contributed by atoms with Crippen molar-refractivity contribution in [3.8, 4) is 5.69 Å². The summed E-state index contributed by atoms with van der Waals surface area (Å²) in [5, 5.41) is 22.8. The van der Waals surface area contributed by atoms with Gasteiger partial charge in [0, 0.05) is 12.3 Å². The predicted octanol–water partition coefficient (Wildman–Crippen LogP) is 2.50. The van der Waals surface area contributed by atoms with Crippen molar-refractivity contribution in [2.75, 3.05) is 0 Å². The molecule has 0 fully saturated rings. The maximum Gasteiger partial charge on any atom is 0.435 e. The van der Waals surface area contributed by atoms with E-state index < -0.39 is 34.0 Å². The molecular weight excluding hydrogens is 295 g/mol. The molecule has 110 valence electrons. The Morgan fingerprint density at radius 2 is 2.00 bits per heavy atom. The van der Waals surface area contributed by atoms with E-state index in [1.807, 2.05) is 0 Å². The highest BCUT2D eigenvalue weighted by atomic mass is 19.4. The molecule has 0 aliphatic heterocycles. The Labute approximate surface area is 114 Å². The minimum atomic E-state index is -4.64. The fraction of sp³-hybridized carbons (Fsp3) is 0.0909. The average molecular weight is 301 g/mol. The molecule has 0 unspecified atom stereocenters. The van der Waals surface area contributed by atoms with Gasteiger partial charge in [-0.2, -0.15) is 18.3 Å². The largest absolute Gasteiger partial charge is 0.477 e. The van der Waals surface area contributed by atoms with Crippen molar-refractivity contribution in [1.29, 1.82) is 0 Å². The Kier molecular flexibility index (Phi) is 3.37. The van der Waals surface area contributed by atoms with E-state index in [-0.39, 0.29) is 5.69 Å². The Hall–Kier alpha value is -2.91. The monoisotopic (exact) mass is 301 g/mol. The van der Waals surface area contributed by atoms with Crippen molar-refractivity contribution in [2.24, 2.45) is 0 Å². The van der Waals surface area contributed by atoms with Crippen molar-refractivity contribution >= 4 is 11.7 Å². The molecule has 2 rings (SSSR count). The van der Waals surface area contributed by atoms with E-state index in [1.54, 1.807) is 0 Å². The fourth-order valence-corrected chi connectivity index (χ4v) is 1.62. The van der Waals surface area contributed by atoms with Crippen LogP contribution in [0.25, 0.3) is 5.69 Å². The highest BCUT2D eigenvalue weighted by Crippen LogP contribution is 2.28. The number of benzene rings is 1. The lowest BCUT2D eigenvalue weighted by Gasteiger charge is -2.04. The number of rotatable bonds is 3. The van der Waals surface area contributed by atoms with Crippen LogP contribution < -0.4 is 0 Å². The van der Waals surface area contributed by atoms with E-state index in [4.69, 9.17) is 5.11 Å². The topological polar surface area (TPSA) is 98.3 Å². The second-order valence-corrected chi connectivity index (χ2v) is 3.91. The molecule has 0 aliphatic rings. The van der Waals surface area contributed by atoms with Crippen molar-refractivity contribution < 1.29 is 28.0 Å². The van der Waals surface area contributed by atoms with Gasteiger partial charge in [0.05, 0.1) is 10.6 Å². The molecule has 10 heteroatoms. The zero-order valence-electron chi connectivity index (χ0n) is 10.0. The molecule has 0 atom stereocenters. The normalized spacial score (nSPS) is 11.4. The predicted molar refractivity (Wildman–Crippen MR) is 62.2 cm³/mol. The molecule has 1 aromatic heterocycles. The van der Waals surface area contributed by atoms with Gasteiger partial charge in [0.25, 0.3) is 5.69 Å². The number of alkyl halides is 3. The number of nitrogens with zero attached hydrogens (tertiary/aromatic N) is 3. The molecule has 0 spiro atoms. The molecule has 21 heavy (non-hydrogen) atoms. The first-order valence-corrected chi connectivity index (χ1v) is 5.35. The van der Waals surface area contributed by atoms with Crippen LogP contribution in [0.4, 0.5) is 18.9 Å². The summed E-state index contributed by atoms with van der Waals surface area (Å²) < 4.78 is 38.1. The number of carboxylic acids is 1. The molecule has 1 heterocycles. The quantitative estimate of drug-likeness (QED) is 0.693. The van der Waals surface area contributed by atoms with E-state index >= 15 is 0 Å². The Balaban J connectivity index is 2.51. The zero-order valence-corrected chi connectivity index (χ0v) is 10.0. The van der Waals surface area contributed by atoms with Gasteiger partial charge in [0.15, 0.2) is 5.69 Å². The molecule has 0 saturated carbocycles. The first-order chi connectivity index (χ1) is 9.70. The lowest BCUT2D eigenvalue weighted by Crippen LogP contribution is -2.08. The highest BCUT2D eigenvalue weighted by Gasteiger charge is 2.33. The van der Waals surface area contributed by atoms with Crippen LogP contribution in [-0.4, -0.2) is 25.8 Å². The molecule has 1 aromatic carbocycles. The van der Waals surface area contributed by atoms with Gasteiger partial charge in [-0.3, -0.25) is 10.1 Å². The first kappa shape index (κ1) is 14.5. The molecule has 2 aromatic rings. The molecule has 0 saturated heterocycles. The second-order valence-electron chi connectivity index (χ2n) is 3.91. The van der Waals surface area contributed by atoms with E-state index in [2.05, 4.69) is 5.10 Å². The van der Waals surface area contributed by atoms with Crippen molar-refractivity contribution in [2.45, 2.75) is 6.18 Å². The van der Waals surface area contributed by atoms with Gasteiger partial charge in [-0.1, -0.05) is 0 Å². The van der Waals surface area contributed by atoms with Gasteiger partial charge >= 0.3 is 12.1 Å². The van der Waals surface area contributed by atoms with Gasteiger partial charge in [0.2, 0.25) is 0 Å². The molecule has 0 radical (unpaired) electrons. The third-order valence-corrected chi connectivity index (χ3v) is 2.55. The van der Waals surface area contributed by atoms with Gasteiger partial charge < -0.3 is 5.11 Å². The summed E-state index contributed by atoms with van der Waals surface area (Å²) >= 11 is 0. The van der Waals surface area contributed by atoms with Crippen LogP contribution in [0.2, 0.25) is 0 Å². The standard InChI is InChI=1S/C11H6F3N3O4/c12-11(13,14)9-3-4-16(15-9)6-1-2-8(17(20)21)7(5-6)10(18)19/h1-5H,(H,18,19). The molecular formula is C11H6F3N3O4. The Morgan fingerprint density at radius 3 is 2.48 bits per heavy atom. The van der Waals surface area contributed by atoms with Crippen LogP contribution in [0, 0.1) is 10.1 Å². The molecule has 0 amide bonds. The zero-order chi connectivity index (χ0) is 15.8. The van der Waals surface area contributed by atoms with E-state index in [1.165, 1.54) is 0 Å². The smallest absolute Gasteiger partial charge is 0.435 e. The number of hydrogen-bond donors (Lipinski definition) is 1. The lowest BCUT2D eigenvalue weighted by molar-refractivity contribution is -0.385. The number of aromatic nitrogens is 2. The van der Waals surface area contributed by atoms with Gasteiger partial charge in [-0.05, 0) is 18.2 Å². The van der Waals surface area contributed by atoms with Gasteiger partial charge in [0.1, 0.15) is 5.56 Å². The van der Waals surface area contributed by atoms with Crippen LogP contribution in [0.1, 0.15) is 16.1 Å². The SMILES string of the molecule is O=C(O)c1cc(-n2ccc(C(F)(F)F)n2)ccc1[N+](=O)[O-]. The maximum atomic E-state index is 12.4. The Bertz CT molecular complexity index is 724. The summed E-state index contributed by atoms with van der Waals surface area (Å²) in [7, 11) is 0. The molecule has 0 aliphatic carbocycles. The highest BCUT2D eigenvalue weighted by molar-refractivity contribution is 5.93. The lowest BCUT2D eigenvalue weighted by atomic mass is 10.1. The number of nitro groups is 1. The second kappa shape index (κ2) is 4.89. The summed E-state index contributed by atoms with van der Waals surface area (Å²) in [4.78, 5) is 20.7. The summed E-state index contributed by atoms with van der Waals surface area (Å²) in [6, 6.07) is 3.60. The van der Waals surface area contributed by atoms with Crippen molar-refractivity contribution in [1.82, 2.24) is 9.78 Å². The minimum absolute atomic E-state index is 0.0338. The van der Waals surface area contributed by atoms with Gasteiger partial charge in [-0.15, -0.1) is 0 Å². The number of hydrogen-bond acceptors (Lipinski definition) is 4. The summed E-state index contributed by atoms with van der Waals surface area (Å²) in [5.74, 6) is -1.56. The van der Waals surface area contributed by atoms with Crippen LogP contribution in [-0.2, 0) is 6.18 Å². The molecule has 1 N–H and O–H groups in total. The van der Waals surface area contributed by atoms with Crippen molar-refractivity contribution in [3.63, 3.8) is 0 Å². The van der Waals surface area contributed by atoms with Crippen LogP contribution in [0.15, 0.2) is 30.5 Å². The number of carbonyl (C=O) groups is 1. The van der Waals surface area contributed by atoms with E-state index in [9.17, 15) is 28.1 Å². The maximum absolute atomic E-state index is 12.4. The number of carboxylic acid groups (broad SMARTS) is 1. The molecule has 7 nitrogen and oxygen atoms in total. The summed E-state index contributed by atoms with van der Waals surface area (Å²) in [5.41, 5.74) is -2.48. The van der Waals surface area contributed by atoms with E-state index in [0.29, 0.717) is 6.07 Å². The van der Waals surface area contributed by atoms with Crippen LogP contribution in [0.3, 0.4) is 0 Å². The average Bonchev–Trinajstić information content (AvgIpc) is 2.87. The number of aromatic carboxylic acids is 1. The van der Waals surface area contributed by atoms with Crippen molar-refractivity contribution in [3.05, 3.63) is 51.8 Å². The fourth-order valence-electron chi connectivity index (χ4n) is 1.62. The summed E-state index contributed by atoms with van der Waals surface area (Å²) in [6.07, 6.45) is -3.66. The van der Waals surface area contributed by atoms with Crippen LogP contribution >= 0.6 is 0 Å². The molecule has 0 bridgehead atoms. The number of nitro benzene ring substituents is 1. The Morgan fingerprint density at radius 1 is 1.33 bits per heavy atom. The number of halogens is 3. The third kappa shape index (κ3) is 2.83. The minimum Gasteiger partial charge on any atom is -0.477 e. The summed E-state index contributed by atoms with van der Waals surface area (Å²) in [6.45, 7) is 0. The third-order valence-electron chi connectivity index (χ3n) is 2.55.